The molecular formula is C23H22F5N3O3. The smallest absolute Gasteiger partial charge is 0.396 e. The molecule has 3 aliphatic carbocycles. The van der Waals surface area contributed by atoms with Gasteiger partial charge >= 0.3 is 6.18 Å². The summed E-state index contributed by atoms with van der Waals surface area (Å²) in [6, 6.07) is 1.86. The van der Waals surface area contributed by atoms with Crippen LogP contribution < -0.4 is 15.0 Å². The van der Waals surface area contributed by atoms with E-state index in [9.17, 15) is 26.7 Å². The van der Waals surface area contributed by atoms with E-state index in [0.717, 1.165) is 44.2 Å². The number of alkyl halides is 3. The first-order chi connectivity index (χ1) is 16.1. The van der Waals surface area contributed by atoms with Crippen LogP contribution in [0.25, 0.3) is 0 Å². The fourth-order valence-electron chi connectivity index (χ4n) is 5.56. The number of oxazole rings is 1. The first-order valence-electron chi connectivity index (χ1n) is 11.4. The molecule has 34 heavy (non-hydrogen) atoms. The molecule has 2 unspecified atom stereocenters. The number of anilines is 2. The van der Waals surface area contributed by atoms with Crippen molar-refractivity contribution in [2.24, 2.45) is 17.8 Å². The summed E-state index contributed by atoms with van der Waals surface area (Å²) >= 11 is 0. The maximum Gasteiger partial charge on any atom is 0.396 e. The van der Waals surface area contributed by atoms with E-state index in [0.29, 0.717) is 24.3 Å². The van der Waals surface area contributed by atoms with E-state index in [2.05, 4.69) is 10.3 Å². The molecule has 6 nitrogen and oxygen atoms in total. The Labute approximate surface area is 191 Å². The van der Waals surface area contributed by atoms with Gasteiger partial charge < -0.3 is 19.4 Å². The Hall–Kier alpha value is -2.85. The standard InChI is InChI=1S/C23H22F5N3O3/c24-16-6-13(7-17(25)20(16)33-15-4-11-3-12(11)5-15)29-21(32)19-18(8-23(26,27)28)34-22(30-19)31-9-10-1-14(31)2-10/h6-7,10-12,14-15H,1-5,8-9H2,(H,29,32). The topological polar surface area (TPSA) is 67.6 Å². The highest BCUT2D eigenvalue weighted by atomic mass is 19.4. The number of rotatable bonds is 6. The van der Waals surface area contributed by atoms with Gasteiger partial charge in [0.1, 0.15) is 12.2 Å². The molecule has 0 radical (unpaired) electrons. The van der Waals surface area contributed by atoms with Crippen LogP contribution in [0.15, 0.2) is 16.5 Å². The second kappa shape index (κ2) is 7.58. The largest absolute Gasteiger partial charge is 0.484 e. The maximum absolute atomic E-state index is 14.6. The number of nitrogens with zero attached hydrogens (tertiary/aromatic N) is 2. The Morgan fingerprint density at radius 2 is 1.79 bits per heavy atom. The SMILES string of the molecule is O=C(Nc1cc(F)c(OC2CC3CC3C2)c(F)c1)c1nc(N2CC3CC2C3)oc1CC(F)(F)F. The molecule has 2 aliphatic heterocycles. The predicted molar refractivity (Wildman–Crippen MR) is 110 cm³/mol. The van der Waals surface area contributed by atoms with Crippen molar-refractivity contribution in [3.8, 4) is 5.75 Å². The fraction of sp³-hybridized carbons (Fsp3) is 0.565. The number of benzene rings is 1. The average molecular weight is 483 g/mol. The summed E-state index contributed by atoms with van der Waals surface area (Å²) < 4.78 is 79.3. The molecule has 2 atom stereocenters. The van der Waals surface area contributed by atoms with Crippen LogP contribution in [0.2, 0.25) is 0 Å². The minimum absolute atomic E-state index is 0.0369. The van der Waals surface area contributed by atoms with Gasteiger partial charge in [0.15, 0.2) is 23.1 Å². The number of carbonyl (C=O) groups is 1. The average Bonchev–Trinajstić information content (AvgIpc) is 3.17. The molecule has 11 heteroatoms. The Bertz CT molecular complexity index is 1110. The third-order valence-corrected chi connectivity index (χ3v) is 7.36. The zero-order valence-corrected chi connectivity index (χ0v) is 18.0. The van der Waals surface area contributed by atoms with Crippen molar-refractivity contribution in [3.63, 3.8) is 0 Å². The highest BCUT2D eigenvalue weighted by Crippen LogP contribution is 2.52. The van der Waals surface area contributed by atoms with Gasteiger partial charge in [0.2, 0.25) is 0 Å². The van der Waals surface area contributed by atoms with Crippen molar-refractivity contribution in [3.05, 3.63) is 35.2 Å². The van der Waals surface area contributed by atoms with Gasteiger partial charge in [0.05, 0.1) is 6.10 Å². The van der Waals surface area contributed by atoms with Crippen LogP contribution in [0.5, 0.6) is 5.75 Å². The molecule has 1 amide bonds. The van der Waals surface area contributed by atoms with Gasteiger partial charge in [0, 0.05) is 30.4 Å². The Balaban J connectivity index is 1.21. The van der Waals surface area contributed by atoms with Crippen LogP contribution in [-0.2, 0) is 6.42 Å². The number of halogens is 5. The Morgan fingerprint density at radius 3 is 2.38 bits per heavy atom. The van der Waals surface area contributed by atoms with E-state index >= 15 is 0 Å². The molecule has 2 bridgehead atoms. The van der Waals surface area contributed by atoms with E-state index in [1.54, 1.807) is 4.90 Å². The van der Waals surface area contributed by atoms with Crippen molar-refractivity contribution in [1.82, 2.24) is 4.98 Å². The van der Waals surface area contributed by atoms with E-state index in [-0.39, 0.29) is 23.8 Å². The number of ether oxygens (including phenoxy) is 1. The van der Waals surface area contributed by atoms with Gasteiger partial charge in [-0.1, -0.05) is 0 Å². The van der Waals surface area contributed by atoms with Gasteiger partial charge in [-0.2, -0.15) is 18.2 Å². The van der Waals surface area contributed by atoms with Crippen LogP contribution >= 0.6 is 0 Å². The molecule has 3 saturated carbocycles. The molecule has 182 valence electrons. The first kappa shape index (κ1) is 21.7. The fourth-order valence-corrected chi connectivity index (χ4v) is 5.56. The van der Waals surface area contributed by atoms with E-state index in [1.807, 2.05) is 0 Å². The highest BCUT2D eigenvalue weighted by Gasteiger charge is 2.47. The van der Waals surface area contributed by atoms with Crippen molar-refractivity contribution in [1.29, 1.82) is 0 Å². The van der Waals surface area contributed by atoms with E-state index in [1.165, 1.54) is 0 Å². The van der Waals surface area contributed by atoms with Crippen LogP contribution in [0.1, 0.15) is 48.4 Å². The minimum Gasteiger partial charge on any atom is -0.484 e. The zero-order valence-electron chi connectivity index (χ0n) is 18.0. The third kappa shape index (κ3) is 3.98. The molecule has 7 rings (SSSR count). The summed E-state index contributed by atoms with van der Waals surface area (Å²) in [5.74, 6) is -2.60. The number of carbonyl (C=O) groups excluding carboxylic acids is 1. The molecular weight excluding hydrogens is 461 g/mol. The van der Waals surface area contributed by atoms with Crippen molar-refractivity contribution in [2.45, 2.75) is 56.8 Å². The zero-order chi connectivity index (χ0) is 23.8. The van der Waals surface area contributed by atoms with E-state index in [4.69, 9.17) is 9.15 Å². The van der Waals surface area contributed by atoms with Gasteiger partial charge in [-0.15, -0.1) is 0 Å². The molecule has 2 saturated heterocycles. The Morgan fingerprint density at radius 1 is 1.12 bits per heavy atom. The molecule has 1 aromatic carbocycles. The number of hydrogen-bond acceptors (Lipinski definition) is 5. The van der Waals surface area contributed by atoms with Gasteiger partial charge in [-0.25, -0.2) is 8.78 Å². The normalized spacial score (nSPS) is 29.1. The number of fused-ring (bicyclic) bond motifs is 2. The lowest BCUT2D eigenvalue weighted by atomic mass is 9.86. The molecule has 1 N–H and O–H groups in total. The van der Waals surface area contributed by atoms with Crippen molar-refractivity contribution in [2.75, 3.05) is 16.8 Å². The third-order valence-electron chi connectivity index (χ3n) is 7.36. The molecule has 3 heterocycles. The van der Waals surface area contributed by atoms with Crippen LogP contribution in [-0.4, -0.2) is 35.8 Å². The monoisotopic (exact) mass is 483 g/mol. The van der Waals surface area contributed by atoms with E-state index < -0.39 is 47.3 Å². The van der Waals surface area contributed by atoms with Crippen LogP contribution in [0.3, 0.4) is 0 Å². The van der Waals surface area contributed by atoms with Crippen LogP contribution in [0.4, 0.5) is 33.7 Å². The minimum atomic E-state index is -4.63. The molecule has 5 fully saturated rings. The van der Waals surface area contributed by atoms with Crippen LogP contribution in [0, 0.1) is 29.4 Å². The lowest BCUT2D eigenvalue weighted by molar-refractivity contribution is -0.130. The number of aromatic nitrogens is 1. The van der Waals surface area contributed by atoms with Gasteiger partial charge in [0.25, 0.3) is 11.9 Å². The summed E-state index contributed by atoms with van der Waals surface area (Å²) in [6.45, 7) is 0.609. The first-order valence-corrected chi connectivity index (χ1v) is 11.4. The van der Waals surface area contributed by atoms with Gasteiger partial charge in [-0.05, 0) is 49.9 Å². The quantitative estimate of drug-likeness (QED) is 0.580. The molecule has 5 aliphatic rings. The van der Waals surface area contributed by atoms with Crippen molar-refractivity contribution >= 4 is 17.6 Å². The maximum atomic E-state index is 14.6. The number of hydrogen-bond donors (Lipinski definition) is 1. The lowest BCUT2D eigenvalue weighted by Gasteiger charge is -2.24. The summed E-state index contributed by atoms with van der Waals surface area (Å²) in [5.41, 5.74) is -0.810. The summed E-state index contributed by atoms with van der Waals surface area (Å²) in [4.78, 5) is 18.6. The highest BCUT2D eigenvalue weighted by molar-refractivity contribution is 6.03. The summed E-state index contributed by atoms with van der Waals surface area (Å²) in [6.07, 6.45) is -1.88. The second-order valence-corrected chi connectivity index (χ2v) is 9.89. The number of amides is 1. The molecule has 2 aromatic rings. The second-order valence-electron chi connectivity index (χ2n) is 9.89. The van der Waals surface area contributed by atoms with Gasteiger partial charge in [-0.3, -0.25) is 4.79 Å². The van der Waals surface area contributed by atoms with Crippen molar-refractivity contribution < 1.29 is 35.9 Å². The summed E-state index contributed by atoms with van der Waals surface area (Å²) in [5, 5.41) is 2.24. The Kier molecular flexibility index (Phi) is 4.83. The molecule has 0 spiro atoms. The number of nitrogens with one attached hydrogen (secondary N) is 1. The summed E-state index contributed by atoms with van der Waals surface area (Å²) in [7, 11) is 0. The molecule has 1 aromatic heterocycles. The predicted octanol–water partition coefficient (Wildman–Crippen LogP) is 5.09. The lowest BCUT2D eigenvalue weighted by Crippen LogP contribution is -2.28.